The van der Waals surface area contributed by atoms with Crippen molar-refractivity contribution >= 4 is 12.6 Å². The van der Waals surface area contributed by atoms with Crippen LogP contribution in [0.5, 0.6) is 11.5 Å². The largest absolute Gasteiger partial charge is 0.497 e. The van der Waals surface area contributed by atoms with Crippen molar-refractivity contribution in [1.82, 2.24) is 0 Å². The van der Waals surface area contributed by atoms with Gasteiger partial charge in [-0.3, -0.25) is 0 Å². The Kier molecular flexibility index (Phi) is 4.68. The number of hydrogen-bond donors (Lipinski definition) is 2. The first-order chi connectivity index (χ1) is 9.15. The summed E-state index contributed by atoms with van der Waals surface area (Å²) in [5.74, 6) is 0.781. The van der Waals surface area contributed by atoms with Crippen molar-refractivity contribution in [2.45, 2.75) is 32.0 Å². The first-order valence-electron chi connectivity index (χ1n) is 6.38. The van der Waals surface area contributed by atoms with E-state index < -0.39 is 7.12 Å². The number of benzene rings is 1. The molecule has 2 rings (SSSR count). The molecule has 5 nitrogen and oxygen atoms in total. The molecule has 1 saturated carbocycles. The quantitative estimate of drug-likeness (QED) is 0.732. The summed E-state index contributed by atoms with van der Waals surface area (Å²) in [6.07, 6.45) is 3.80. The van der Waals surface area contributed by atoms with Gasteiger partial charge >= 0.3 is 7.12 Å². The van der Waals surface area contributed by atoms with Crippen LogP contribution < -0.4 is 14.9 Å². The minimum atomic E-state index is -1.63. The van der Waals surface area contributed by atoms with Gasteiger partial charge in [0.15, 0.2) is 0 Å². The van der Waals surface area contributed by atoms with E-state index in [4.69, 9.17) is 14.2 Å². The molecule has 0 bridgehead atoms. The molecule has 0 unspecified atom stereocenters. The van der Waals surface area contributed by atoms with Crippen LogP contribution in [0.4, 0.5) is 0 Å². The fourth-order valence-electron chi connectivity index (χ4n) is 2.08. The predicted octanol–water partition coefficient (Wildman–Crippen LogP) is 0.453. The van der Waals surface area contributed by atoms with Crippen LogP contribution >= 0.6 is 0 Å². The topological polar surface area (TPSA) is 68.2 Å². The molecule has 1 fully saturated rings. The molecule has 0 radical (unpaired) electrons. The Hall–Kier alpha value is -1.24. The Balaban J connectivity index is 2.19. The van der Waals surface area contributed by atoms with Crippen LogP contribution in [0.1, 0.15) is 24.8 Å². The van der Waals surface area contributed by atoms with Crippen LogP contribution in [0.2, 0.25) is 0 Å². The monoisotopic (exact) mass is 266 g/mol. The average Bonchev–Trinajstić information content (AvgIpc) is 2.35. The minimum Gasteiger partial charge on any atom is -0.497 e. The van der Waals surface area contributed by atoms with Gasteiger partial charge in [-0.05, 0) is 37.0 Å². The maximum Gasteiger partial charge on any atom is 0.496 e. The van der Waals surface area contributed by atoms with Crippen LogP contribution in [0.3, 0.4) is 0 Å². The van der Waals surface area contributed by atoms with Gasteiger partial charge in [-0.1, -0.05) is 0 Å². The van der Waals surface area contributed by atoms with Crippen molar-refractivity contribution in [3.05, 3.63) is 17.7 Å². The van der Waals surface area contributed by atoms with Gasteiger partial charge in [-0.25, -0.2) is 0 Å². The summed E-state index contributed by atoms with van der Waals surface area (Å²) < 4.78 is 16.1. The zero-order valence-corrected chi connectivity index (χ0v) is 11.3. The van der Waals surface area contributed by atoms with E-state index in [1.54, 1.807) is 12.1 Å². The maximum atomic E-state index is 9.37. The Morgan fingerprint density at radius 1 is 1.16 bits per heavy atom. The molecule has 0 spiro atoms. The molecular weight excluding hydrogens is 247 g/mol. The highest BCUT2D eigenvalue weighted by Gasteiger charge is 2.24. The highest BCUT2D eigenvalue weighted by molar-refractivity contribution is 6.61. The van der Waals surface area contributed by atoms with Gasteiger partial charge in [0.25, 0.3) is 0 Å². The summed E-state index contributed by atoms with van der Waals surface area (Å²) >= 11 is 0. The third-order valence-corrected chi connectivity index (χ3v) is 3.40. The van der Waals surface area contributed by atoms with Crippen LogP contribution in [0, 0.1) is 0 Å². The maximum absolute atomic E-state index is 9.37. The SMILES string of the molecule is COc1cc(COC2CCC2)cc(OC)c1B(O)O. The second-order valence-corrected chi connectivity index (χ2v) is 4.65. The average molecular weight is 266 g/mol. The number of rotatable bonds is 6. The smallest absolute Gasteiger partial charge is 0.496 e. The van der Waals surface area contributed by atoms with Gasteiger partial charge in [-0.15, -0.1) is 0 Å². The number of ether oxygens (including phenoxy) is 3. The first kappa shape index (κ1) is 14.2. The van der Waals surface area contributed by atoms with Gasteiger partial charge in [-0.2, -0.15) is 0 Å². The van der Waals surface area contributed by atoms with Crippen molar-refractivity contribution in [2.75, 3.05) is 14.2 Å². The van der Waals surface area contributed by atoms with Crippen LogP contribution in [0.15, 0.2) is 12.1 Å². The molecule has 1 aliphatic rings. The van der Waals surface area contributed by atoms with Crippen LogP contribution in [-0.2, 0) is 11.3 Å². The predicted molar refractivity (Wildman–Crippen MR) is 71.8 cm³/mol. The first-order valence-corrected chi connectivity index (χ1v) is 6.38. The van der Waals surface area contributed by atoms with Crippen molar-refractivity contribution in [3.8, 4) is 11.5 Å². The van der Waals surface area contributed by atoms with Crippen molar-refractivity contribution < 1.29 is 24.3 Å². The fourth-order valence-corrected chi connectivity index (χ4v) is 2.08. The standard InChI is InChI=1S/C13H19BO5/c1-17-11-6-9(8-19-10-4-3-5-10)7-12(18-2)13(11)14(15)16/h6-7,10,15-16H,3-5,8H2,1-2H3. The minimum absolute atomic E-state index is 0.234. The summed E-state index contributed by atoms with van der Waals surface area (Å²) in [5.41, 5.74) is 1.13. The molecule has 0 aromatic heterocycles. The molecule has 1 aliphatic carbocycles. The second kappa shape index (κ2) is 6.28. The van der Waals surface area contributed by atoms with Crippen LogP contribution in [0.25, 0.3) is 0 Å². The van der Waals surface area contributed by atoms with Gasteiger partial charge in [0.2, 0.25) is 0 Å². The van der Waals surface area contributed by atoms with Gasteiger partial charge in [0, 0.05) is 0 Å². The molecule has 1 aromatic carbocycles. The zero-order valence-electron chi connectivity index (χ0n) is 11.3. The third-order valence-electron chi connectivity index (χ3n) is 3.40. The van der Waals surface area contributed by atoms with Crippen molar-refractivity contribution in [3.63, 3.8) is 0 Å². The van der Waals surface area contributed by atoms with E-state index in [1.807, 2.05) is 0 Å². The summed E-state index contributed by atoms with van der Waals surface area (Å²) in [6, 6.07) is 3.49. The fraction of sp³-hybridized carbons (Fsp3) is 0.538. The molecule has 0 amide bonds. The highest BCUT2D eigenvalue weighted by atomic mass is 16.5. The third kappa shape index (κ3) is 3.21. The molecule has 2 N–H and O–H groups in total. The Morgan fingerprint density at radius 2 is 1.74 bits per heavy atom. The lowest BCUT2D eigenvalue weighted by atomic mass is 9.78. The molecule has 0 saturated heterocycles. The molecule has 0 heterocycles. The summed E-state index contributed by atoms with van der Waals surface area (Å²) in [4.78, 5) is 0. The molecular formula is C13H19BO5. The van der Waals surface area contributed by atoms with E-state index in [0.29, 0.717) is 24.2 Å². The lowest BCUT2D eigenvalue weighted by Gasteiger charge is -2.25. The summed E-state index contributed by atoms with van der Waals surface area (Å²) in [5, 5.41) is 18.7. The van der Waals surface area contributed by atoms with E-state index in [-0.39, 0.29) is 5.46 Å². The number of hydrogen-bond acceptors (Lipinski definition) is 5. The normalized spacial score (nSPS) is 14.9. The summed E-state index contributed by atoms with van der Waals surface area (Å²) in [7, 11) is 1.33. The lowest BCUT2D eigenvalue weighted by molar-refractivity contribution is -0.00876. The molecule has 6 heteroatoms. The van der Waals surface area contributed by atoms with E-state index in [2.05, 4.69) is 0 Å². The Labute approximate surface area is 113 Å². The van der Waals surface area contributed by atoms with E-state index >= 15 is 0 Å². The summed E-state index contributed by atoms with van der Waals surface area (Å²) in [6.45, 7) is 0.471. The molecule has 1 aromatic rings. The van der Waals surface area contributed by atoms with Gasteiger partial charge in [0.05, 0.1) is 32.4 Å². The molecule has 0 atom stereocenters. The van der Waals surface area contributed by atoms with Crippen molar-refractivity contribution in [2.24, 2.45) is 0 Å². The zero-order chi connectivity index (χ0) is 13.8. The molecule has 104 valence electrons. The Morgan fingerprint density at radius 3 is 2.11 bits per heavy atom. The molecule has 0 aliphatic heterocycles. The van der Waals surface area contributed by atoms with E-state index in [1.165, 1.54) is 20.6 Å². The highest BCUT2D eigenvalue weighted by Crippen LogP contribution is 2.25. The van der Waals surface area contributed by atoms with Gasteiger partial charge < -0.3 is 24.3 Å². The Bertz CT molecular complexity index is 406. The lowest BCUT2D eigenvalue weighted by Crippen LogP contribution is -2.33. The van der Waals surface area contributed by atoms with E-state index in [0.717, 1.165) is 18.4 Å². The van der Waals surface area contributed by atoms with Crippen molar-refractivity contribution in [1.29, 1.82) is 0 Å². The number of methoxy groups -OCH3 is 2. The molecule has 19 heavy (non-hydrogen) atoms. The van der Waals surface area contributed by atoms with Crippen LogP contribution in [-0.4, -0.2) is 37.5 Å². The van der Waals surface area contributed by atoms with E-state index in [9.17, 15) is 10.0 Å². The van der Waals surface area contributed by atoms with Gasteiger partial charge in [0.1, 0.15) is 11.5 Å². The second-order valence-electron chi connectivity index (χ2n) is 4.65.